The molecule has 0 radical (unpaired) electrons. The number of aromatic nitrogens is 2. The molecule has 0 aliphatic carbocycles. The first-order valence-corrected chi connectivity index (χ1v) is 6.28. The summed E-state index contributed by atoms with van der Waals surface area (Å²) in [5, 5.41) is 8.22. The average Bonchev–Trinajstić information content (AvgIpc) is 2.73. The topological polar surface area (TPSA) is 63.3 Å². The number of hydrogen-bond acceptors (Lipinski definition) is 5. The van der Waals surface area contributed by atoms with Gasteiger partial charge in [0.2, 0.25) is 5.89 Å². The minimum atomic E-state index is 0.159. The van der Waals surface area contributed by atoms with Gasteiger partial charge < -0.3 is 9.84 Å². The summed E-state index contributed by atoms with van der Waals surface area (Å²) in [6, 6.07) is 0. The van der Waals surface area contributed by atoms with Gasteiger partial charge in [-0.3, -0.25) is 4.99 Å². The van der Waals surface area contributed by atoms with Crippen molar-refractivity contribution in [3.05, 3.63) is 11.7 Å². The summed E-state index contributed by atoms with van der Waals surface area (Å²) in [5.74, 6) is 2.40. The van der Waals surface area contributed by atoms with E-state index in [1.165, 1.54) is 0 Å². The number of aryl methyl sites for hydroxylation is 1. The quantitative estimate of drug-likeness (QED) is 0.865. The molecule has 88 valence electrons. The molecule has 1 aliphatic rings. The lowest BCUT2D eigenvalue weighted by atomic mass is 10.1. The van der Waals surface area contributed by atoms with Crippen LogP contribution in [0.1, 0.15) is 25.6 Å². The first-order valence-electron chi connectivity index (χ1n) is 5.30. The number of amidine groups is 1. The predicted molar refractivity (Wildman–Crippen MR) is 64.7 cm³/mol. The predicted octanol–water partition coefficient (Wildman–Crippen LogP) is 1.39. The molecular weight excluding hydrogens is 224 g/mol. The van der Waals surface area contributed by atoms with Crippen molar-refractivity contribution in [2.75, 3.05) is 12.3 Å². The Hall–Kier alpha value is -1.04. The highest BCUT2D eigenvalue weighted by molar-refractivity contribution is 8.14. The fourth-order valence-electron chi connectivity index (χ4n) is 1.40. The lowest BCUT2D eigenvalue weighted by molar-refractivity contribution is 0.387. The van der Waals surface area contributed by atoms with Gasteiger partial charge in [-0.15, -0.1) is 0 Å². The fraction of sp³-hybridized carbons (Fsp3) is 0.700. The Kier molecular flexibility index (Phi) is 3.18. The van der Waals surface area contributed by atoms with E-state index in [4.69, 9.17) is 4.52 Å². The number of thioether (sulfide) groups is 1. The van der Waals surface area contributed by atoms with E-state index in [2.05, 4.69) is 34.3 Å². The SMILES string of the molecule is Cc1nc(CCN=C2NC(C)(C)CS2)no1. The monoisotopic (exact) mass is 240 g/mol. The summed E-state index contributed by atoms with van der Waals surface area (Å²) < 4.78 is 4.89. The zero-order chi connectivity index (χ0) is 11.6. The Morgan fingerprint density at radius 3 is 2.94 bits per heavy atom. The van der Waals surface area contributed by atoms with Crippen LogP contribution in [0.15, 0.2) is 9.52 Å². The van der Waals surface area contributed by atoms with Crippen molar-refractivity contribution < 1.29 is 4.52 Å². The van der Waals surface area contributed by atoms with E-state index in [1.54, 1.807) is 18.7 Å². The Morgan fingerprint density at radius 2 is 2.38 bits per heavy atom. The maximum absolute atomic E-state index is 4.89. The Morgan fingerprint density at radius 1 is 1.56 bits per heavy atom. The number of nitrogens with one attached hydrogen (secondary N) is 1. The van der Waals surface area contributed by atoms with Gasteiger partial charge in [0.15, 0.2) is 11.0 Å². The van der Waals surface area contributed by atoms with Gasteiger partial charge in [-0.25, -0.2) is 0 Å². The minimum Gasteiger partial charge on any atom is -0.359 e. The van der Waals surface area contributed by atoms with Gasteiger partial charge in [0, 0.05) is 31.2 Å². The molecule has 16 heavy (non-hydrogen) atoms. The van der Waals surface area contributed by atoms with E-state index >= 15 is 0 Å². The third-order valence-corrected chi connectivity index (χ3v) is 3.55. The molecule has 0 unspecified atom stereocenters. The van der Waals surface area contributed by atoms with Crippen molar-refractivity contribution in [1.82, 2.24) is 15.5 Å². The van der Waals surface area contributed by atoms with Crippen molar-refractivity contribution >= 4 is 16.9 Å². The highest BCUT2D eigenvalue weighted by atomic mass is 32.2. The zero-order valence-corrected chi connectivity index (χ0v) is 10.6. The average molecular weight is 240 g/mol. The zero-order valence-electron chi connectivity index (χ0n) is 9.78. The van der Waals surface area contributed by atoms with Crippen LogP contribution in [0.3, 0.4) is 0 Å². The summed E-state index contributed by atoms with van der Waals surface area (Å²) in [7, 11) is 0. The van der Waals surface area contributed by atoms with Gasteiger partial charge in [-0.2, -0.15) is 4.98 Å². The van der Waals surface area contributed by atoms with E-state index in [1.807, 2.05) is 0 Å². The molecule has 1 saturated heterocycles. The molecule has 1 aromatic heterocycles. The number of nitrogens with zero attached hydrogens (tertiary/aromatic N) is 3. The van der Waals surface area contributed by atoms with Crippen LogP contribution in [-0.2, 0) is 6.42 Å². The van der Waals surface area contributed by atoms with Crippen LogP contribution in [-0.4, -0.2) is 33.1 Å². The highest BCUT2D eigenvalue weighted by Gasteiger charge is 2.26. The van der Waals surface area contributed by atoms with Crippen molar-refractivity contribution in [2.45, 2.75) is 32.7 Å². The number of rotatable bonds is 3. The Labute approximate surface area is 99.1 Å². The molecule has 2 heterocycles. The van der Waals surface area contributed by atoms with Crippen LogP contribution in [0.2, 0.25) is 0 Å². The van der Waals surface area contributed by atoms with Crippen molar-refractivity contribution in [3.8, 4) is 0 Å². The summed E-state index contributed by atoms with van der Waals surface area (Å²) in [6.07, 6.45) is 0.726. The van der Waals surface area contributed by atoms with Gasteiger partial charge in [0.25, 0.3) is 0 Å². The van der Waals surface area contributed by atoms with E-state index in [-0.39, 0.29) is 5.54 Å². The third kappa shape index (κ3) is 2.98. The van der Waals surface area contributed by atoms with Crippen LogP contribution in [0.4, 0.5) is 0 Å². The van der Waals surface area contributed by atoms with Crippen LogP contribution >= 0.6 is 11.8 Å². The second kappa shape index (κ2) is 4.45. The third-order valence-electron chi connectivity index (χ3n) is 2.18. The van der Waals surface area contributed by atoms with Crippen LogP contribution < -0.4 is 5.32 Å². The number of aliphatic imine (C=N–C) groups is 1. The van der Waals surface area contributed by atoms with Crippen LogP contribution in [0, 0.1) is 6.92 Å². The van der Waals surface area contributed by atoms with Gasteiger partial charge in [0.1, 0.15) is 0 Å². The summed E-state index contributed by atoms with van der Waals surface area (Å²) >= 11 is 1.76. The smallest absolute Gasteiger partial charge is 0.223 e. The maximum Gasteiger partial charge on any atom is 0.223 e. The maximum atomic E-state index is 4.89. The van der Waals surface area contributed by atoms with Gasteiger partial charge >= 0.3 is 0 Å². The standard InChI is InChI=1S/C10H16N4OS/c1-7-12-8(14-15-7)4-5-11-9-13-10(2,3)6-16-9/h4-6H2,1-3H3,(H,11,13). The van der Waals surface area contributed by atoms with Gasteiger partial charge in [0.05, 0.1) is 0 Å². The molecule has 0 spiro atoms. The van der Waals surface area contributed by atoms with Crippen molar-refractivity contribution in [3.63, 3.8) is 0 Å². The normalized spacial score (nSPS) is 21.3. The van der Waals surface area contributed by atoms with E-state index < -0.39 is 0 Å². The second-order valence-corrected chi connectivity index (χ2v) is 5.43. The summed E-state index contributed by atoms with van der Waals surface area (Å²) in [5.41, 5.74) is 0.159. The second-order valence-electron chi connectivity index (χ2n) is 4.46. The van der Waals surface area contributed by atoms with Crippen molar-refractivity contribution in [2.24, 2.45) is 4.99 Å². The van der Waals surface area contributed by atoms with Gasteiger partial charge in [-0.1, -0.05) is 16.9 Å². The molecule has 1 aliphatic heterocycles. The molecule has 0 bridgehead atoms. The van der Waals surface area contributed by atoms with Crippen molar-refractivity contribution in [1.29, 1.82) is 0 Å². The first kappa shape index (κ1) is 11.4. The molecular formula is C10H16N4OS. The molecule has 0 saturated carbocycles. The van der Waals surface area contributed by atoms with E-state index in [9.17, 15) is 0 Å². The molecule has 0 atom stereocenters. The highest BCUT2D eigenvalue weighted by Crippen LogP contribution is 2.21. The summed E-state index contributed by atoms with van der Waals surface area (Å²) in [6.45, 7) is 6.83. The lowest BCUT2D eigenvalue weighted by Crippen LogP contribution is -2.36. The Bertz CT molecular complexity index is 399. The van der Waals surface area contributed by atoms with Gasteiger partial charge in [-0.05, 0) is 13.8 Å². The molecule has 6 heteroatoms. The summed E-state index contributed by atoms with van der Waals surface area (Å²) in [4.78, 5) is 8.60. The van der Waals surface area contributed by atoms with E-state index in [0.717, 1.165) is 23.2 Å². The molecule has 5 nitrogen and oxygen atoms in total. The fourth-order valence-corrected chi connectivity index (χ4v) is 2.50. The first-order chi connectivity index (χ1) is 7.55. The lowest BCUT2D eigenvalue weighted by Gasteiger charge is -2.15. The molecule has 0 aromatic carbocycles. The molecule has 2 rings (SSSR count). The van der Waals surface area contributed by atoms with E-state index in [0.29, 0.717) is 12.4 Å². The Balaban J connectivity index is 1.82. The van der Waals surface area contributed by atoms with Crippen LogP contribution in [0.25, 0.3) is 0 Å². The molecule has 1 fully saturated rings. The largest absolute Gasteiger partial charge is 0.359 e. The molecule has 1 aromatic rings. The minimum absolute atomic E-state index is 0.159. The number of hydrogen-bond donors (Lipinski definition) is 1. The molecule has 1 N–H and O–H groups in total. The molecule has 0 amide bonds. The van der Waals surface area contributed by atoms with Crippen LogP contribution in [0.5, 0.6) is 0 Å².